The Kier molecular flexibility index (Phi) is 13.6. The number of aryl methyl sites for hydroxylation is 2. The Labute approximate surface area is 303 Å². The van der Waals surface area contributed by atoms with E-state index in [1.54, 1.807) is 24.3 Å². The first kappa shape index (κ1) is 37.4. The molecule has 0 saturated carbocycles. The number of rotatable bonds is 18. The second-order valence-corrected chi connectivity index (χ2v) is 12.0. The van der Waals surface area contributed by atoms with E-state index in [4.69, 9.17) is 28.4 Å². The van der Waals surface area contributed by atoms with Gasteiger partial charge in [0.25, 0.3) is 0 Å². The number of nitrogens with one attached hydrogen (secondary N) is 2. The van der Waals surface area contributed by atoms with Crippen LogP contribution in [0.2, 0.25) is 0 Å². The SMILES string of the molecule is C=CCOCC(COc1c2ccccc2c(OCC(COCC=C)OC(=O)Nc2ccccc2C)c2ccccc12)OC(=O)Nc1ccccc1C. The highest BCUT2D eigenvalue weighted by Crippen LogP contribution is 2.43. The lowest BCUT2D eigenvalue weighted by Crippen LogP contribution is -2.32. The fraction of sp³-hybridized carbons (Fsp3) is 0.238. The van der Waals surface area contributed by atoms with Crippen LogP contribution in [0.5, 0.6) is 11.5 Å². The Balaban J connectivity index is 1.37. The number of carbonyl (C=O) groups excluding carboxylic acids is 2. The smallest absolute Gasteiger partial charge is 0.412 e. The van der Waals surface area contributed by atoms with Gasteiger partial charge in [-0.05, 0) is 37.1 Å². The largest absolute Gasteiger partial charge is 0.488 e. The third-order valence-electron chi connectivity index (χ3n) is 8.05. The molecule has 0 aromatic heterocycles. The number of ether oxygens (including phenoxy) is 6. The Morgan fingerprint density at radius 2 is 0.904 bits per heavy atom. The molecule has 0 aliphatic rings. The van der Waals surface area contributed by atoms with Crippen molar-refractivity contribution >= 4 is 45.1 Å². The van der Waals surface area contributed by atoms with Gasteiger partial charge in [-0.2, -0.15) is 0 Å². The van der Waals surface area contributed by atoms with Gasteiger partial charge >= 0.3 is 12.2 Å². The number of amides is 2. The maximum Gasteiger partial charge on any atom is 0.412 e. The molecule has 5 aromatic rings. The summed E-state index contributed by atoms with van der Waals surface area (Å²) in [7, 11) is 0. The topological polar surface area (TPSA) is 114 Å². The van der Waals surface area contributed by atoms with Crippen LogP contribution < -0.4 is 20.1 Å². The Morgan fingerprint density at radius 1 is 0.558 bits per heavy atom. The van der Waals surface area contributed by atoms with Crippen LogP contribution >= 0.6 is 0 Å². The predicted octanol–water partition coefficient (Wildman–Crippen LogP) is 9.01. The molecule has 2 unspecified atom stereocenters. The average Bonchev–Trinajstić information content (AvgIpc) is 3.14. The van der Waals surface area contributed by atoms with Gasteiger partial charge in [-0.15, -0.1) is 13.2 Å². The van der Waals surface area contributed by atoms with E-state index in [1.165, 1.54) is 0 Å². The zero-order valence-electron chi connectivity index (χ0n) is 29.5. The summed E-state index contributed by atoms with van der Waals surface area (Å²) < 4.78 is 35.9. The van der Waals surface area contributed by atoms with Gasteiger partial charge in [-0.25, -0.2) is 9.59 Å². The van der Waals surface area contributed by atoms with Gasteiger partial charge in [-0.3, -0.25) is 10.6 Å². The van der Waals surface area contributed by atoms with Gasteiger partial charge < -0.3 is 28.4 Å². The summed E-state index contributed by atoms with van der Waals surface area (Å²) in [5.74, 6) is 1.19. The van der Waals surface area contributed by atoms with Gasteiger partial charge in [0.05, 0.1) is 26.4 Å². The minimum Gasteiger partial charge on any atom is -0.488 e. The molecule has 52 heavy (non-hydrogen) atoms. The first-order chi connectivity index (χ1) is 25.4. The molecule has 2 N–H and O–H groups in total. The van der Waals surface area contributed by atoms with Crippen LogP contribution in [0.3, 0.4) is 0 Å². The van der Waals surface area contributed by atoms with Crippen LogP contribution in [0.1, 0.15) is 11.1 Å². The molecule has 0 aliphatic carbocycles. The maximum atomic E-state index is 12.9. The lowest BCUT2D eigenvalue weighted by atomic mass is 10.0. The zero-order valence-corrected chi connectivity index (χ0v) is 29.5. The summed E-state index contributed by atoms with van der Waals surface area (Å²) in [5.41, 5.74) is 3.11. The molecule has 0 aliphatic heterocycles. The summed E-state index contributed by atoms with van der Waals surface area (Å²) in [6, 6.07) is 30.3. The van der Waals surface area contributed by atoms with Crippen LogP contribution in [-0.4, -0.2) is 64.0 Å². The molecule has 10 nitrogen and oxygen atoms in total. The number of hydrogen-bond donors (Lipinski definition) is 2. The van der Waals surface area contributed by atoms with Gasteiger partial charge in [-0.1, -0.05) is 97.1 Å². The number of para-hydroxylation sites is 2. The van der Waals surface area contributed by atoms with Crippen molar-refractivity contribution in [2.75, 3.05) is 50.3 Å². The molecule has 0 radical (unpaired) electrons. The summed E-state index contributed by atoms with van der Waals surface area (Å²) in [5, 5.41) is 8.73. The van der Waals surface area contributed by atoms with E-state index in [2.05, 4.69) is 23.8 Å². The van der Waals surface area contributed by atoms with E-state index in [1.807, 2.05) is 98.8 Å². The number of carbonyl (C=O) groups is 2. The highest BCUT2D eigenvalue weighted by molar-refractivity contribution is 6.11. The lowest BCUT2D eigenvalue weighted by molar-refractivity contribution is 0.0107. The van der Waals surface area contributed by atoms with Gasteiger partial charge in [0, 0.05) is 32.9 Å². The van der Waals surface area contributed by atoms with Crippen molar-refractivity contribution in [1.82, 2.24) is 0 Å². The Hall–Kier alpha value is -5.84. The fourth-order valence-electron chi connectivity index (χ4n) is 5.52. The second-order valence-electron chi connectivity index (χ2n) is 12.0. The summed E-state index contributed by atoms with van der Waals surface area (Å²) >= 11 is 0. The summed E-state index contributed by atoms with van der Waals surface area (Å²) in [6.07, 6.45) is 0.537. The fourth-order valence-corrected chi connectivity index (χ4v) is 5.52. The van der Waals surface area contributed by atoms with Gasteiger partial charge in [0.1, 0.15) is 24.7 Å². The molecule has 10 heteroatoms. The molecule has 2 atom stereocenters. The van der Waals surface area contributed by atoms with Crippen LogP contribution in [-0.2, 0) is 18.9 Å². The third kappa shape index (κ3) is 10.1. The molecule has 270 valence electrons. The van der Waals surface area contributed by atoms with Crippen LogP contribution in [0.25, 0.3) is 21.5 Å². The van der Waals surface area contributed by atoms with Crippen LogP contribution in [0.4, 0.5) is 21.0 Å². The number of hydrogen-bond acceptors (Lipinski definition) is 8. The molecule has 2 amide bonds. The monoisotopic (exact) mass is 704 g/mol. The lowest BCUT2D eigenvalue weighted by Gasteiger charge is -2.23. The number of benzene rings is 5. The third-order valence-corrected chi connectivity index (χ3v) is 8.05. The predicted molar refractivity (Wildman–Crippen MR) is 205 cm³/mol. The number of anilines is 2. The first-order valence-corrected chi connectivity index (χ1v) is 17.0. The van der Waals surface area contributed by atoms with Crippen molar-refractivity contribution in [3.63, 3.8) is 0 Å². The first-order valence-electron chi connectivity index (χ1n) is 17.0. The van der Waals surface area contributed by atoms with Crippen molar-refractivity contribution in [3.8, 4) is 11.5 Å². The standard InChI is InChI=1S/C42H44N2O8/c1-5-23-47-25-31(51-41(45)43-37-21-13-7-15-29(37)3)27-49-39-33-17-9-11-19-35(33)40(36-20-12-10-18-34(36)39)50-28-32(26-48-24-6-2)52-42(46)44-38-22-14-8-16-30(38)4/h5-22,31-32H,1-2,23-28H2,3-4H3,(H,43,45)(H,44,46). The van der Waals surface area contributed by atoms with E-state index < -0.39 is 24.4 Å². The normalized spacial score (nSPS) is 12.0. The molecule has 0 fully saturated rings. The molecular weight excluding hydrogens is 660 g/mol. The van der Waals surface area contributed by atoms with E-state index in [-0.39, 0.29) is 39.6 Å². The van der Waals surface area contributed by atoms with Crippen molar-refractivity contribution in [2.45, 2.75) is 26.1 Å². The molecule has 0 spiro atoms. The second kappa shape index (κ2) is 19.0. The highest BCUT2D eigenvalue weighted by atomic mass is 16.6. The van der Waals surface area contributed by atoms with Crippen molar-refractivity contribution in [2.24, 2.45) is 0 Å². The van der Waals surface area contributed by atoms with Gasteiger partial charge in [0.15, 0.2) is 12.2 Å². The Morgan fingerprint density at radius 3 is 1.25 bits per heavy atom. The minimum absolute atomic E-state index is 0.0130. The quantitative estimate of drug-likeness (QED) is 0.0528. The minimum atomic E-state index is -0.739. The highest BCUT2D eigenvalue weighted by Gasteiger charge is 2.22. The average molecular weight is 705 g/mol. The van der Waals surface area contributed by atoms with Crippen LogP contribution in [0, 0.1) is 13.8 Å². The van der Waals surface area contributed by atoms with E-state index in [0.29, 0.717) is 22.9 Å². The zero-order chi connectivity index (χ0) is 36.7. The van der Waals surface area contributed by atoms with Gasteiger partial charge in [0.2, 0.25) is 0 Å². The van der Waals surface area contributed by atoms with E-state index in [9.17, 15) is 9.59 Å². The van der Waals surface area contributed by atoms with Crippen LogP contribution in [0.15, 0.2) is 122 Å². The molecule has 0 heterocycles. The van der Waals surface area contributed by atoms with E-state index >= 15 is 0 Å². The molecule has 5 rings (SSSR count). The molecular formula is C42H44N2O8. The molecule has 0 saturated heterocycles. The van der Waals surface area contributed by atoms with Crippen molar-refractivity contribution in [3.05, 3.63) is 133 Å². The van der Waals surface area contributed by atoms with E-state index in [0.717, 1.165) is 32.7 Å². The molecule has 0 bridgehead atoms. The Bertz CT molecular complexity index is 1800. The maximum absolute atomic E-state index is 12.9. The number of fused-ring (bicyclic) bond motifs is 2. The molecule has 5 aromatic carbocycles. The van der Waals surface area contributed by atoms with Crippen molar-refractivity contribution < 1.29 is 38.0 Å². The summed E-state index contributed by atoms with van der Waals surface area (Å²) in [4.78, 5) is 25.9. The van der Waals surface area contributed by atoms with Crippen molar-refractivity contribution in [1.29, 1.82) is 0 Å². The summed E-state index contributed by atoms with van der Waals surface area (Å²) in [6.45, 7) is 12.0.